The molecular weight excluding hydrogens is 717 g/mol. The van der Waals surface area contributed by atoms with Gasteiger partial charge in [0.15, 0.2) is 5.65 Å². The Bertz CT molecular complexity index is 3250. The maximum absolute atomic E-state index is 5.59. The quantitative estimate of drug-likeness (QED) is 0.176. The third-order valence-corrected chi connectivity index (χ3v) is 13.1. The molecule has 2 aliphatic rings. The van der Waals surface area contributed by atoms with Crippen molar-refractivity contribution in [3.8, 4) is 56.0 Å². The highest BCUT2D eigenvalue weighted by molar-refractivity contribution is 6.03. The highest BCUT2D eigenvalue weighted by Crippen LogP contribution is 2.57. The summed E-state index contributed by atoms with van der Waals surface area (Å²) in [5.74, 6) is 0. The van der Waals surface area contributed by atoms with Gasteiger partial charge < -0.3 is 0 Å². The van der Waals surface area contributed by atoms with Crippen molar-refractivity contribution >= 4 is 16.4 Å². The van der Waals surface area contributed by atoms with Crippen molar-refractivity contribution in [3.05, 3.63) is 228 Å². The predicted octanol–water partition coefficient (Wildman–Crippen LogP) is 12.9. The zero-order valence-electron chi connectivity index (χ0n) is 32.8. The van der Waals surface area contributed by atoms with Crippen LogP contribution >= 0.6 is 0 Å². The van der Waals surface area contributed by atoms with Crippen LogP contribution in [0.15, 0.2) is 195 Å². The zero-order chi connectivity index (χ0) is 39.3. The van der Waals surface area contributed by atoms with Crippen LogP contribution in [0.3, 0.4) is 0 Å². The standard InChI is InChI=1S/C55H38N4/c1-54(2)46-26-23-35-13-9-10-18-41(35)51(46)44-25-22-38(32-47(44)54)52-53-57-33-50(36-27-29-56-30-28-36)59(53)34-49(58-52)37-21-24-43-42-19-11-12-20-45(42)55(48(43)31-37,39-14-5-3-6-15-39)40-16-7-4-8-17-40/h3-34H,1-2H3. The van der Waals surface area contributed by atoms with Gasteiger partial charge >= 0.3 is 0 Å². The molecule has 12 rings (SSSR count). The number of nitrogens with zero attached hydrogens (tertiary/aromatic N) is 4. The summed E-state index contributed by atoms with van der Waals surface area (Å²) in [6.07, 6.45) is 7.81. The first kappa shape index (κ1) is 33.7. The smallest absolute Gasteiger partial charge is 0.164 e. The highest BCUT2D eigenvalue weighted by atomic mass is 15.0. The maximum Gasteiger partial charge on any atom is 0.164 e. The van der Waals surface area contributed by atoms with Gasteiger partial charge in [-0.3, -0.25) is 9.38 Å². The normalized spacial score (nSPS) is 14.2. The average molecular weight is 755 g/mol. The Morgan fingerprint density at radius 2 is 1.17 bits per heavy atom. The minimum absolute atomic E-state index is 0.191. The number of rotatable bonds is 5. The molecule has 3 heterocycles. The number of pyridine rings is 1. The van der Waals surface area contributed by atoms with Crippen molar-refractivity contribution < 1.29 is 0 Å². The van der Waals surface area contributed by atoms with Crippen molar-refractivity contribution in [3.63, 3.8) is 0 Å². The average Bonchev–Trinajstić information content (AvgIpc) is 3.93. The van der Waals surface area contributed by atoms with Gasteiger partial charge in [-0.05, 0) is 90.7 Å². The Hall–Kier alpha value is -7.43. The molecule has 4 heteroatoms. The molecule has 0 saturated heterocycles. The predicted molar refractivity (Wildman–Crippen MR) is 239 cm³/mol. The molecule has 0 fully saturated rings. The van der Waals surface area contributed by atoms with E-state index in [9.17, 15) is 0 Å². The number of aromatic nitrogens is 4. The Labute approximate surface area is 343 Å². The van der Waals surface area contributed by atoms with Gasteiger partial charge in [0.25, 0.3) is 0 Å². The van der Waals surface area contributed by atoms with Crippen molar-refractivity contribution in [1.82, 2.24) is 19.4 Å². The summed E-state index contributed by atoms with van der Waals surface area (Å²) in [6.45, 7) is 4.70. The molecule has 2 aliphatic carbocycles. The van der Waals surface area contributed by atoms with Crippen LogP contribution in [-0.2, 0) is 10.8 Å². The van der Waals surface area contributed by atoms with Gasteiger partial charge in [0.1, 0.15) is 5.69 Å². The highest BCUT2D eigenvalue weighted by Gasteiger charge is 2.46. The van der Waals surface area contributed by atoms with E-state index in [4.69, 9.17) is 9.97 Å². The lowest BCUT2D eigenvalue weighted by atomic mass is 9.67. The van der Waals surface area contributed by atoms with Gasteiger partial charge in [-0.25, -0.2) is 9.97 Å². The van der Waals surface area contributed by atoms with Gasteiger partial charge in [0.2, 0.25) is 0 Å². The fraction of sp³-hybridized carbons (Fsp3) is 0.0727. The summed E-state index contributed by atoms with van der Waals surface area (Å²) in [4.78, 5) is 15.0. The second-order valence-corrected chi connectivity index (χ2v) is 16.4. The zero-order valence-corrected chi connectivity index (χ0v) is 32.8. The van der Waals surface area contributed by atoms with Crippen molar-refractivity contribution in [1.29, 1.82) is 0 Å². The fourth-order valence-corrected chi connectivity index (χ4v) is 10.3. The van der Waals surface area contributed by atoms with E-state index < -0.39 is 5.41 Å². The van der Waals surface area contributed by atoms with Gasteiger partial charge in [0.05, 0.1) is 23.0 Å². The van der Waals surface area contributed by atoms with Gasteiger partial charge in [-0.1, -0.05) is 159 Å². The monoisotopic (exact) mass is 754 g/mol. The van der Waals surface area contributed by atoms with Crippen LogP contribution in [0.5, 0.6) is 0 Å². The first-order chi connectivity index (χ1) is 29.0. The van der Waals surface area contributed by atoms with E-state index in [0.29, 0.717) is 0 Å². The molecule has 0 unspecified atom stereocenters. The fourth-order valence-electron chi connectivity index (χ4n) is 10.3. The minimum Gasteiger partial charge on any atom is -0.296 e. The molecular formula is C55H38N4. The second kappa shape index (κ2) is 12.5. The van der Waals surface area contributed by atoms with Gasteiger partial charge in [-0.2, -0.15) is 0 Å². The van der Waals surface area contributed by atoms with E-state index in [1.165, 1.54) is 66.4 Å². The number of imidazole rings is 1. The largest absolute Gasteiger partial charge is 0.296 e. The van der Waals surface area contributed by atoms with E-state index in [1.807, 2.05) is 30.7 Å². The molecule has 0 radical (unpaired) electrons. The van der Waals surface area contributed by atoms with Crippen LogP contribution < -0.4 is 0 Å². The van der Waals surface area contributed by atoms with Crippen molar-refractivity contribution in [2.75, 3.05) is 0 Å². The Morgan fingerprint density at radius 3 is 1.97 bits per heavy atom. The molecule has 0 spiro atoms. The number of hydrogen-bond acceptors (Lipinski definition) is 3. The molecule has 0 aliphatic heterocycles. The summed E-state index contributed by atoms with van der Waals surface area (Å²) >= 11 is 0. The van der Waals surface area contributed by atoms with E-state index in [1.54, 1.807) is 0 Å². The summed E-state index contributed by atoms with van der Waals surface area (Å²) in [6, 6.07) is 62.1. The van der Waals surface area contributed by atoms with Gasteiger partial charge in [-0.15, -0.1) is 0 Å². The molecule has 0 atom stereocenters. The molecule has 0 N–H and O–H groups in total. The van der Waals surface area contributed by atoms with Crippen molar-refractivity contribution in [2.24, 2.45) is 0 Å². The van der Waals surface area contributed by atoms with Crippen LogP contribution in [0, 0.1) is 0 Å². The van der Waals surface area contributed by atoms with Crippen LogP contribution in [0.2, 0.25) is 0 Å². The molecule has 4 nitrogen and oxygen atoms in total. The topological polar surface area (TPSA) is 43.1 Å². The van der Waals surface area contributed by atoms with Crippen LogP contribution in [0.1, 0.15) is 47.2 Å². The summed E-state index contributed by atoms with van der Waals surface area (Å²) in [5, 5.41) is 2.56. The Kier molecular flexibility index (Phi) is 7.16. The Balaban J connectivity index is 1.10. The lowest BCUT2D eigenvalue weighted by Crippen LogP contribution is -2.28. The van der Waals surface area contributed by atoms with Gasteiger partial charge in [0, 0.05) is 40.7 Å². The lowest BCUT2D eigenvalue weighted by Gasteiger charge is -2.34. The molecule has 278 valence electrons. The molecule has 59 heavy (non-hydrogen) atoms. The Morgan fingerprint density at radius 1 is 0.508 bits per heavy atom. The van der Waals surface area contributed by atoms with Crippen molar-refractivity contribution in [2.45, 2.75) is 24.7 Å². The molecule has 0 bridgehead atoms. The van der Waals surface area contributed by atoms with E-state index in [0.717, 1.165) is 39.4 Å². The summed E-state index contributed by atoms with van der Waals surface area (Å²) in [5.41, 5.74) is 18.8. The second-order valence-electron chi connectivity index (χ2n) is 16.4. The summed E-state index contributed by atoms with van der Waals surface area (Å²) in [7, 11) is 0. The number of benzene rings is 7. The van der Waals surface area contributed by atoms with E-state index in [2.05, 4.69) is 187 Å². The van der Waals surface area contributed by atoms with E-state index >= 15 is 0 Å². The van der Waals surface area contributed by atoms with Crippen LogP contribution in [0.25, 0.3) is 72.4 Å². The number of fused-ring (bicyclic) bond motifs is 9. The van der Waals surface area contributed by atoms with Crippen LogP contribution in [0.4, 0.5) is 0 Å². The number of hydrogen-bond donors (Lipinski definition) is 0. The van der Waals surface area contributed by atoms with E-state index in [-0.39, 0.29) is 5.41 Å². The summed E-state index contributed by atoms with van der Waals surface area (Å²) < 4.78 is 2.22. The van der Waals surface area contributed by atoms with Crippen LogP contribution in [-0.4, -0.2) is 19.4 Å². The minimum atomic E-state index is -0.515. The molecule has 0 amide bonds. The molecule has 0 saturated carbocycles. The molecule has 10 aromatic rings. The first-order valence-electron chi connectivity index (χ1n) is 20.3. The molecule has 3 aromatic heterocycles. The lowest BCUT2D eigenvalue weighted by molar-refractivity contribution is 0.661. The third-order valence-electron chi connectivity index (χ3n) is 13.1. The third kappa shape index (κ3) is 4.74. The maximum atomic E-state index is 5.59. The first-order valence-corrected chi connectivity index (χ1v) is 20.3. The molecule has 7 aromatic carbocycles. The SMILES string of the molecule is CC1(C)c2cc(-c3nc(-c4ccc5c(c4)C(c4ccccc4)(c4ccccc4)c4ccccc4-5)cn4c(-c5ccncc5)cnc34)ccc2-c2c1ccc1ccccc21.